The van der Waals surface area contributed by atoms with E-state index in [-0.39, 0.29) is 26.6 Å². The summed E-state index contributed by atoms with van der Waals surface area (Å²) in [4.78, 5) is 16.3. The van der Waals surface area contributed by atoms with E-state index in [0.29, 0.717) is 17.0 Å². The predicted octanol–water partition coefficient (Wildman–Crippen LogP) is 3.43. The van der Waals surface area contributed by atoms with Gasteiger partial charge in [-0.25, -0.2) is 13.8 Å². The Morgan fingerprint density at radius 2 is 1.90 bits per heavy atom. The van der Waals surface area contributed by atoms with Crippen LogP contribution < -0.4 is 11.1 Å². The Bertz CT molecular complexity index is 1250. The quantitative estimate of drug-likeness (QED) is 0.384. The number of benzene rings is 1. The number of carbonyl (C=O) groups is 1. The molecular weight excluding hydrogens is 414 g/mol. The number of hydrogen-bond donors (Lipinski definition) is 4. The van der Waals surface area contributed by atoms with E-state index in [9.17, 15) is 18.7 Å². The highest BCUT2D eigenvalue weighted by molar-refractivity contribution is 7.20. The molecule has 11 heteroatoms. The fraction of sp³-hybridized carbons (Fsp3) is 0.158. The van der Waals surface area contributed by atoms with E-state index in [1.807, 2.05) is 0 Å². The van der Waals surface area contributed by atoms with E-state index in [2.05, 4.69) is 25.7 Å². The summed E-state index contributed by atoms with van der Waals surface area (Å²) >= 11 is 0.947. The zero-order chi connectivity index (χ0) is 21.6. The summed E-state index contributed by atoms with van der Waals surface area (Å²) in [5.74, 6) is -2.14. The highest BCUT2D eigenvalue weighted by Crippen LogP contribution is 2.40. The number of amides is 1. The van der Waals surface area contributed by atoms with Crippen LogP contribution in [0.5, 0.6) is 0 Å². The molecular formula is C19H16F2N6O2S. The van der Waals surface area contributed by atoms with Crippen molar-refractivity contribution in [3.8, 4) is 10.4 Å². The zero-order valence-electron chi connectivity index (χ0n) is 15.8. The first kappa shape index (κ1) is 19.9. The molecule has 0 spiro atoms. The van der Waals surface area contributed by atoms with Gasteiger partial charge in [0.15, 0.2) is 0 Å². The number of aromatic nitrogens is 4. The molecule has 0 saturated heterocycles. The maximum absolute atomic E-state index is 14.7. The molecule has 0 atom stereocenters. The molecule has 3 aromatic heterocycles. The standard InChI is InChI=1S/C19H16F2N6O2S/c1-19(2,29)8-5-10(20)15(11(21)6-8)13-7-9(16(22)28)18(30-13)24-14-4-3-12-17(23-14)26-27-25-12/h3-7,29H,1-2H3,(H2,22,28)(H2,23,24,25,26,27). The second-order valence-electron chi connectivity index (χ2n) is 7.08. The first-order chi connectivity index (χ1) is 14.1. The molecule has 1 aromatic carbocycles. The van der Waals surface area contributed by atoms with E-state index in [1.54, 1.807) is 12.1 Å². The van der Waals surface area contributed by atoms with Crippen molar-refractivity contribution in [2.75, 3.05) is 5.32 Å². The fourth-order valence-corrected chi connectivity index (χ4v) is 3.99. The van der Waals surface area contributed by atoms with E-state index < -0.39 is 23.1 Å². The van der Waals surface area contributed by atoms with Crippen LogP contribution in [0, 0.1) is 11.6 Å². The van der Waals surface area contributed by atoms with Crippen molar-refractivity contribution in [2.24, 2.45) is 5.73 Å². The Labute approximate surface area is 172 Å². The number of nitrogens with two attached hydrogens (primary N) is 1. The highest BCUT2D eigenvalue weighted by Gasteiger charge is 2.24. The monoisotopic (exact) mass is 430 g/mol. The molecule has 0 unspecified atom stereocenters. The van der Waals surface area contributed by atoms with Crippen molar-refractivity contribution in [3.05, 3.63) is 53.1 Å². The number of aliphatic hydroxyl groups is 1. The van der Waals surface area contributed by atoms with Gasteiger partial charge in [0.2, 0.25) is 5.65 Å². The minimum absolute atomic E-state index is 0.0578. The van der Waals surface area contributed by atoms with Crippen LogP contribution in [0.4, 0.5) is 19.6 Å². The van der Waals surface area contributed by atoms with Gasteiger partial charge >= 0.3 is 0 Å². The topological polar surface area (TPSA) is 130 Å². The number of hydrogen-bond acceptors (Lipinski definition) is 7. The van der Waals surface area contributed by atoms with Crippen molar-refractivity contribution >= 4 is 39.2 Å². The summed E-state index contributed by atoms with van der Waals surface area (Å²) in [6, 6.07) is 6.73. The van der Waals surface area contributed by atoms with Gasteiger partial charge in [0.25, 0.3) is 5.91 Å². The van der Waals surface area contributed by atoms with Crippen LogP contribution >= 0.6 is 11.3 Å². The Balaban J connectivity index is 1.77. The normalized spacial score (nSPS) is 11.8. The minimum Gasteiger partial charge on any atom is -0.386 e. The summed E-state index contributed by atoms with van der Waals surface area (Å²) in [6.45, 7) is 2.86. The molecule has 3 heterocycles. The second kappa shape index (κ2) is 7.11. The maximum Gasteiger partial charge on any atom is 0.251 e. The van der Waals surface area contributed by atoms with E-state index in [0.717, 1.165) is 23.5 Å². The van der Waals surface area contributed by atoms with E-state index >= 15 is 0 Å². The van der Waals surface area contributed by atoms with Crippen LogP contribution in [0.3, 0.4) is 0 Å². The number of thiophene rings is 1. The first-order valence-corrected chi connectivity index (χ1v) is 9.55. The largest absolute Gasteiger partial charge is 0.386 e. The average Bonchev–Trinajstić information content (AvgIpc) is 3.27. The predicted molar refractivity (Wildman–Crippen MR) is 108 cm³/mol. The Kier molecular flexibility index (Phi) is 4.71. The number of fused-ring (bicyclic) bond motifs is 1. The van der Waals surface area contributed by atoms with Gasteiger partial charge < -0.3 is 16.2 Å². The summed E-state index contributed by atoms with van der Waals surface area (Å²) in [5, 5.41) is 23.5. The highest BCUT2D eigenvalue weighted by atomic mass is 32.1. The molecule has 1 amide bonds. The molecule has 154 valence electrons. The Morgan fingerprint density at radius 3 is 2.53 bits per heavy atom. The van der Waals surface area contributed by atoms with Gasteiger partial charge in [-0.3, -0.25) is 4.79 Å². The Morgan fingerprint density at radius 1 is 1.20 bits per heavy atom. The van der Waals surface area contributed by atoms with Crippen molar-refractivity contribution in [1.82, 2.24) is 20.4 Å². The molecule has 4 aromatic rings. The number of rotatable bonds is 5. The molecule has 0 aliphatic carbocycles. The van der Waals surface area contributed by atoms with Gasteiger partial charge in [0, 0.05) is 4.88 Å². The lowest BCUT2D eigenvalue weighted by molar-refractivity contribution is 0.0778. The van der Waals surface area contributed by atoms with Crippen LogP contribution in [0.2, 0.25) is 0 Å². The van der Waals surface area contributed by atoms with Crippen LogP contribution in [0.25, 0.3) is 21.6 Å². The summed E-state index contributed by atoms with van der Waals surface area (Å²) in [7, 11) is 0. The SMILES string of the molecule is CC(C)(O)c1cc(F)c(-c2cc(C(N)=O)c(Nc3ccc4n[nH]nc4n3)s2)c(F)c1. The molecule has 4 rings (SSSR count). The third-order valence-corrected chi connectivity index (χ3v) is 5.48. The second-order valence-corrected chi connectivity index (χ2v) is 8.13. The van der Waals surface area contributed by atoms with Crippen molar-refractivity contribution < 1.29 is 18.7 Å². The van der Waals surface area contributed by atoms with Gasteiger partial charge in [-0.2, -0.15) is 10.3 Å². The maximum atomic E-state index is 14.7. The molecule has 0 fully saturated rings. The van der Waals surface area contributed by atoms with Gasteiger partial charge in [-0.05, 0) is 49.7 Å². The molecule has 5 N–H and O–H groups in total. The lowest BCUT2D eigenvalue weighted by Gasteiger charge is -2.18. The van der Waals surface area contributed by atoms with Crippen LogP contribution in [0.1, 0.15) is 29.8 Å². The lowest BCUT2D eigenvalue weighted by atomic mass is 9.96. The van der Waals surface area contributed by atoms with Crippen LogP contribution in [-0.4, -0.2) is 31.4 Å². The summed E-state index contributed by atoms with van der Waals surface area (Å²) in [5.41, 5.74) is 4.79. The van der Waals surface area contributed by atoms with Crippen LogP contribution in [-0.2, 0) is 5.60 Å². The number of carbonyl (C=O) groups excluding carboxylic acids is 1. The van der Waals surface area contributed by atoms with Crippen molar-refractivity contribution in [3.63, 3.8) is 0 Å². The van der Waals surface area contributed by atoms with Crippen LogP contribution in [0.15, 0.2) is 30.3 Å². The number of pyridine rings is 1. The van der Waals surface area contributed by atoms with Gasteiger partial charge in [-0.15, -0.1) is 16.4 Å². The molecule has 0 aliphatic heterocycles. The van der Waals surface area contributed by atoms with Gasteiger partial charge in [0.05, 0.1) is 16.7 Å². The van der Waals surface area contributed by atoms with E-state index in [1.165, 1.54) is 19.9 Å². The number of primary amides is 1. The number of aromatic amines is 1. The first-order valence-electron chi connectivity index (χ1n) is 8.74. The third kappa shape index (κ3) is 3.60. The molecule has 30 heavy (non-hydrogen) atoms. The number of halogens is 2. The molecule has 0 aliphatic rings. The molecule has 0 bridgehead atoms. The molecule has 0 saturated carbocycles. The summed E-state index contributed by atoms with van der Waals surface area (Å²) in [6.07, 6.45) is 0. The zero-order valence-corrected chi connectivity index (χ0v) is 16.6. The Hall–Kier alpha value is -3.44. The molecule has 0 radical (unpaired) electrons. The van der Waals surface area contributed by atoms with Gasteiger partial charge in [0.1, 0.15) is 28.0 Å². The van der Waals surface area contributed by atoms with E-state index in [4.69, 9.17) is 5.73 Å². The summed E-state index contributed by atoms with van der Waals surface area (Å²) < 4.78 is 29.4. The third-order valence-electron chi connectivity index (χ3n) is 4.41. The minimum atomic E-state index is -1.41. The molecule has 8 nitrogen and oxygen atoms in total. The van der Waals surface area contributed by atoms with Gasteiger partial charge in [-0.1, -0.05) is 0 Å². The van der Waals surface area contributed by atoms with Crippen molar-refractivity contribution in [1.29, 1.82) is 0 Å². The number of anilines is 2. The fourth-order valence-electron chi connectivity index (χ4n) is 2.87. The average molecular weight is 430 g/mol. The number of nitrogens with zero attached hydrogens (tertiary/aromatic N) is 3. The lowest BCUT2D eigenvalue weighted by Crippen LogP contribution is -2.16. The smallest absolute Gasteiger partial charge is 0.251 e. The number of nitrogens with one attached hydrogen (secondary N) is 2. The number of H-pyrrole nitrogens is 1. The van der Waals surface area contributed by atoms with Crippen molar-refractivity contribution in [2.45, 2.75) is 19.4 Å².